The molecule has 1 rings (SSSR count). The van der Waals surface area contributed by atoms with Gasteiger partial charge in [0.05, 0.1) is 13.7 Å². The van der Waals surface area contributed by atoms with E-state index in [-0.39, 0.29) is 6.54 Å². The van der Waals surface area contributed by atoms with Gasteiger partial charge in [-0.05, 0) is 31.2 Å². The topological polar surface area (TPSA) is 76.1 Å². The van der Waals surface area contributed by atoms with E-state index < -0.39 is 24.5 Å². The van der Waals surface area contributed by atoms with Crippen LogP contribution in [0, 0.1) is 12.3 Å². The van der Waals surface area contributed by atoms with Gasteiger partial charge in [0.25, 0.3) is 5.91 Å². The molecule has 0 fully saturated rings. The molecule has 1 aromatic carbocycles. The highest BCUT2D eigenvalue weighted by molar-refractivity contribution is 5.84. The molecule has 0 aromatic heterocycles. The van der Waals surface area contributed by atoms with Crippen molar-refractivity contribution < 1.29 is 24.2 Å². The molecule has 0 bridgehead atoms. The number of carbonyl (C=O) groups excluding carboxylic acids is 1. The molecular weight excluding hydrogens is 274 g/mol. The van der Waals surface area contributed by atoms with Crippen molar-refractivity contribution in [3.8, 4) is 23.8 Å². The zero-order valence-corrected chi connectivity index (χ0v) is 11.9. The third-order valence-corrected chi connectivity index (χ3v) is 2.64. The van der Waals surface area contributed by atoms with Crippen molar-refractivity contribution in [3.05, 3.63) is 24.3 Å². The van der Waals surface area contributed by atoms with Gasteiger partial charge in [0, 0.05) is 0 Å². The summed E-state index contributed by atoms with van der Waals surface area (Å²) in [6.07, 6.45) is 4.29. The average Bonchev–Trinajstić information content (AvgIpc) is 2.46. The van der Waals surface area contributed by atoms with Crippen molar-refractivity contribution >= 4 is 11.9 Å². The molecule has 0 heterocycles. The quantitative estimate of drug-likeness (QED) is 0.759. The van der Waals surface area contributed by atoms with Crippen molar-refractivity contribution in [2.24, 2.45) is 0 Å². The monoisotopic (exact) mass is 291 g/mol. The predicted octanol–water partition coefficient (Wildman–Crippen LogP) is 1.01. The number of carboxylic acids is 1. The van der Waals surface area contributed by atoms with Gasteiger partial charge >= 0.3 is 5.97 Å². The second kappa shape index (κ2) is 7.80. The minimum atomic E-state index is -1.13. The first kappa shape index (κ1) is 16.4. The number of hydrogen-bond donors (Lipinski definition) is 1. The van der Waals surface area contributed by atoms with Gasteiger partial charge in [0.1, 0.15) is 18.0 Å². The molecule has 112 valence electrons. The molecule has 0 aliphatic heterocycles. The van der Waals surface area contributed by atoms with Crippen LogP contribution in [-0.4, -0.2) is 48.2 Å². The maximum atomic E-state index is 12.1. The third kappa shape index (κ3) is 5.07. The second-order valence-corrected chi connectivity index (χ2v) is 4.23. The van der Waals surface area contributed by atoms with Gasteiger partial charge in [-0.3, -0.25) is 9.59 Å². The molecule has 0 aliphatic rings. The van der Waals surface area contributed by atoms with E-state index in [1.165, 1.54) is 6.92 Å². The Balaban J connectivity index is 2.70. The smallest absolute Gasteiger partial charge is 0.323 e. The Labute approximate surface area is 123 Å². The number of amides is 1. The van der Waals surface area contributed by atoms with Gasteiger partial charge < -0.3 is 19.5 Å². The summed E-state index contributed by atoms with van der Waals surface area (Å²) in [7, 11) is 1.55. The minimum absolute atomic E-state index is 0.0819. The molecular formula is C15H17NO5. The van der Waals surface area contributed by atoms with Crippen molar-refractivity contribution in [3.63, 3.8) is 0 Å². The normalized spacial score (nSPS) is 11.1. The Morgan fingerprint density at radius 1 is 1.33 bits per heavy atom. The van der Waals surface area contributed by atoms with Crippen LogP contribution in [-0.2, 0) is 9.59 Å². The molecule has 6 nitrogen and oxygen atoms in total. The van der Waals surface area contributed by atoms with E-state index in [9.17, 15) is 9.59 Å². The summed E-state index contributed by atoms with van der Waals surface area (Å²) >= 11 is 0. The number of terminal acetylenes is 1. The highest BCUT2D eigenvalue weighted by Gasteiger charge is 2.23. The zero-order chi connectivity index (χ0) is 15.8. The lowest BCUT2D eigenvalue weighted by Crippen LogP contribution is -2.43. The lowest BCUT2D eigenvalue weighted by molar-refractivity contribution is -0.146. The highest BCUT2D eigenvalue weighted by atomic mass is 16.5. The molecule has 1 N–H and O–H groups in total. The van der Waals surface area contributed by atoms with Crippen molar-refractivity contribution in [1.82, 2.24) is 4.90 Å². The molecule has 1 amide bonds. The summed E-state index contributed by atoms with van der Waals surface area (Å²) in [4.78, 5) is 23.9. The van der Waals surface area contributed by atoms with Gasteiger partial charge in [-0.1, -0.05) is 5.92 Å². The van der Waals surface area contributed by atoms with E-state index in [2.05, 4.69) is 5.92 Å². The molecule has 0 saturated carbocycles. The van der Waals surface area contributed by atoms with E-state index in [1.54, 1.807) is 31.4 Å². The van der Waals surface area contributed by atoms with Crippen LogP contribution < -0.4 is 9.47 Å². The van der Waals surface area contributed by atoms with Crippen LogP contribution in [0.25, 0.3) is 0 Å². The molecule has 0 spiro atoms. The number of methoxy groups -OCH3 is 1. The van der Waals surface area contributed by atoms with Crippen LogP contribution in [0.2, 0.25) is 0 Å². The third-order valence-electron chi connectivity index (χ3n) is 2.64. The second-order valence-electron chi connectivity index (χ2n) is 4.23. The number of nitrogens with zero attached hydrogens (tertiary/aromatic N) is 1. The predicted molar refractivity (Wildman–Crippen MR) is 76.1 cm³/mol. The van der Waals surface area contributed by atoms with Crippen LogP contribution in [0.4, 0.5) is 0 Å². The fourth-order valence-electron chi connectivity index (χ4n) is 1.65. The molecule has 0 saturated heterocycles. The maximum Gasteiger partial charge on any atom is 0.323 e. The molecule has 1 aromatic rings. The lowest BCUT2D eigenvalue weighted by Gasteiger charge is -2.22. The van der Waals surface area contributed by atoms with Gasteiger partial charge in [0.15, 0.2) is 6.10 Å². The summed E-state index contributed by atoms with van der Waals surface area (Å²) in [5.41, 5.74) is 0. The summed E-state index contributed by atoms with van der Waals surface area (Å²) < 4.78 is 10.5. The fourth-order valence-corrected chi connectivity index (χ4v) is 1.65. The molecule has 0 radical (unpaired) electrons. The Morgan fingerprint density at radius 2 is 1.90 bits per heavy atom. The maximum absolute atomic E-state index is 12.1. The Kier molecular flexibility index (Phi) is 6.08. The number of carboxylic acid groups (broad SMARTS) is 1. The summed E-state index contributed by atoms with van der Waals surface area (Å²) in [5.74, 6) is 1.79. The summed E-state index contributed by atoms with van der Waals surface area (Å²) in [5, 5.41) is 8.77. The molecule has 0 aliphatic carbocycles. The lowest BCUT2D eigenvalue weighted by atomic mass is 10.3. The van der Waals surface area contributed by atoms with Gasteiger partial charge in [-0.25, -0.2) is 0 Å². The highest BCUT2D eigenvalue weighted by Crippen LogP contribution is 2.18. The van der Waals surface area contributed by atoms with Gasteiger partial charge in [-0.15, -0.1) is 6.42 Å². The molecule has 21 heavy (non-hydrogen) atoms. The first-order chi connectivity index (χ1) is 9.97. The largest absolute Gasteiger partial charge is 0.497 e. The first-order valence-corrected chi connectivity index (χ1v) is 6.22. The Bertz CT molecular complexity index is 532. The van der Waals surface area contributed by atoms with E-state index in [1.807, 2.05) is 0 Å². The minimum Gasteiger partial charge on any atom is -0.497 e. The SMILES string of the molecule is C#CCN(CC(=O)O)C(=O)C(C)Oc1ccc(OC)cc1. The molecule has 6 heteroatoms. The number of ether oxygens (including phenoxy) is 2. The van der Waals surface area contributed by atoms with Crippen molar-refractivity contribution in [2.75, 3.05) is 20.2 Å². The van der Waals surface area contributed by atoms with E-state index in [4.69, 9.17) is 21.0 Å². The van der Waals surface area contributed by atoms with E-state index in [0.29, 0.717) is 11.5 Å². The fraction of sp³-hybridized carbons (Fsp3) is 0.333. The Morgan fingerprint density at radius 3 is 2.38 bits per heavy atom. The van der Waals surface area contributed by atoms with Gasteiger partial charge in [0.2, 0.25) is 0 Å². The number of benzene rings is 1. The van der Waals surface area contributed by atoms with E-state index in [0.717, 1.165) is 4.90 Å². The van der Waals surface area contributed by atoms with Crippen LogP contribution in [0.3, 0.4) is 0 Å². The summed E-state index contributed by atoms with van der Waals surface area (Å²) in [6, 6.07) is 6.71. The van der Waals surface area contributed by atoms with Crippen molar-refractivity contribution in [1.29, 1.82) is 0 Å². The number of carbonyl (C=O) groups is 2. The van der Waals surface area contributed by atoms with Crippen LogP contribution in [0.5, 0.6) is 11.5 Å². The van der Waals surface area contributed by atoms with Crippen LogP contribution in [0.1, 0.15) is 6.92 Å². The molecule has 1 unspecified atom stereocenters. The average molecular weight is 291 g/mol. The first-order valence-electron chi connectivity index (χ1n) is 6.22. The van der Waals surface area contributed by atoms with Crippen molar-refractivity contribution in [2.45, 2.75) is 13.0 Å². The van der Waals surface area contributed by atoms with Crippen LogP contribution >= 0.6 is 0 Å². The number of hydrogen-bond acceptors (Lipinski definition) is 4. The zero-order valence-electron chi connectivity index (χ0n) is 11.9. The van der Waals surface area contributed by atoms with E-state index >= 15 is 0 Å². The van der Waals surface area contributed by atoms with Crippen LogP contribution in [0.15, 0.2) is 24.3 Å². The molecule has 1 atom stereocenters. The summed E-state index contributed by atoms with van der Waals surface area (Å²) in [6.45, 7) is 0.999. The number of aliphatic carboxylic acids is 1. The standard InChI is InChI=1S/C15H17NO5/c1-4-9-16(10-14(17)18)15(19)11(2)21-13-7-5-12(20-3)6-8-13/h1,5-8,11H,9-10H2,2-3H3,(H,17,18). The number of rotatable bonds is 7. The Hall–Kier alpha value is -2.68. The van der Waals surface area contributed by atoms with Gasteiger partial charge in [-0.2, -0.15) is 0 Å².